The highest BCUT2D eigenvalue weighted by atomic mass is 32.2. The summed E-state index contributed by atoms with van der Waals surface area (Å²) in [5.41, 5.74) is 3.54. The first-order chi connectivity index (χ1) is 8.88. The number of thioether (sulfide) groups is 1. The Morgan fingerprint density at radius 1 is 1.17 bits per heavy atom. The van der Waals surface area contributed by atoms with E-state index in [1.807, 2.05) is 30.0 Å². The Hall–Kier alpha value is -1.55. The summed E-state index contributed by atoms with van der Waals surface area (Å²) in [6.07, 6.45) is 0. The lowest BCUT2D eigenvalue weighted by Gasteiger charge is -2.10. The Kier molecular flexibility index (Phi) is 3.19. The quantitative estimate of drug-likeness (QED) is 0.915. The molecular weight excluding hydrogens is 242 g/mol. The van der Waals surface area contributed by atoms with Gasteiger partial charge in [0.25, 0.3) is 0 Å². The minimum atomic E-state index is 0.827. The first kappa shape index (κ1) is 11.5. The first-order valence-electron chi connectivity index (χ1n) is 6.15. The van der Waals surface area contributed by atoms with Gasteiger partial charge in [0.05, 0.1) is 5.69 Å². The number of nitrogens with zero attached hydrogens (tertiary/aromatic N) is 2. The molecular formula is C14H15N3S. The topological polar surface area (TPSA) is 37.8 Å². The standard InChI is InChI=1S/C14H15N3S/c1-2-15-14-11-8-18-9-12(11)16-13(17-14)10-6-4-3-5-7-10/h3-7H,2,8-9H2,1H3,(H,15,16,17). The van der Waals surface area contributed by atoms with Gasteiger partial charge in [-0.1, -0.05) is 30.3 Å². The zero-order chi connectivity index (χ0) is 12.4. The van der Waals surface area contributed by atoms with Crippen molar-refractivity contribution in [2.75, 3.05) is 11.9 Å². The minimum Gasteiger partial charge on any atom is -0.370 e. The number of hydrogen-bond donors (Lipinski definition) is 1. The molecule has 1 aliphatic rings. The predicted octanol–water partition coefficient (Wildman–Crippen LogP) is 3.32. The van der Waals surface area contributed by atoms with Crippen molar-refractivity contribution < 1.29 is 0 Å². The third-order valence-corrected chi connectivity index (χ3v) is 3.92. The maximum Gasteiger partial charge on any atom is 0.161 e. The normalized spacial score (nSPS) is 13.4. The van der Waals surface area contributed by atoms with Gasteiger partial charge >= 0.3 is 0 Å². The van der Waals surface area contributed by atoms with Gasteiger partial charge in [0.2, 0.25) is 0 Å². The average molecular weight is 257 g/mol. The molecule has 1 aromatic heterocycles. The van der Waals surface area contributed by atoms with Crippen LogP contribution >= 0.6 is 11.8 Å². The number of hydrogen-bond acceptors (Lipinski definition) is 4. The van der Waals surface area contributed by atoms with Crippen LogP contribution in [0.5, 0.6) is 0 Å². The molecule has 1 N–H and O–H groups in total. The van der Waals surface area contributed by atoms with Crippen LogP contribution in [0, 0.1) is 0 Å². The highest BCUT2D eigenvalue weighted by Gasteiger charge is 2.19. The lowest BCUT2D eigenvalue weighted by Crippen LogP contribution is -2.06. The van der Waals surface area contributed by atoms with E-state index in [0.29, 0.717) is 0 Å². The number of anilines is 1. The monoisotopic (exact) mass is 257 g/mol. The van der Waals surface area contributed by atoms with Crippen molar-refractivity contribution in [3.8, 4) is 11.4 Å². The smallest absolute Gasteiger partial charge is 0.161 e. The third-order valence-electron chi connectivity index (χ3n) is 2.95. The van der Waals surface area contributed by atoms with Crippen molar-refractivity contribution in [2.24, 2.45) is 0 Å². The number of rotatable bonds is 3. The molecule has 2 heterocycles. The van der Waals surface area contributed by atoms with Crippen LogP contribution in [-0.2, 0) is 11.5 Å². The minimum absolute atomic E-state index is 0.827. The van der Waals surface area contributed by atoms with E-state index in [2.05, 4.69) is 29.4 Å². The third kappa shape index (κ3) is 2.08. The van der Waals surface area contributed by atoms with E-state index < -0.39 is 0 Å². The van der Waals surface area contributed by atoms with E-state index >= 15 is 0 Å². The first-order valence-corrected chi connectivity index (χ1v) is 7.30. The van der Waals surface area contributed by atoms with Crippen molar-refractivity contribution in [1.29, 1.82) is 0 Å². The SMILES string of the molecule is CCNc1nc(-c2ccccc2)nc2c1CSC2. The van der Waals surface area contributed by atoms with E-state index in [1.165, 1.54) is 11.3 Å². The van der Waals surface area contributed by atoms with Crippen LogP contribution < -0.4 is 5.32 Å². The lowest BCUT2D eigenvalue weighted by molar-refractivity contribution is 1.05. The molecule has 2 aromatic rings. The van der Waals surface area contributed by atoms with E-state index in [9.17, 15) is 0 Å². The molecule has 92 valence electrons. The number of fused-ring (bicyclic) bond motifs is 1. The molecule has 18 heavy (non-hydrogen) atoms. The fraction of sp³-hybridized carbons (Fsp3) is 0.286. The molecule has 0 saturated heterocycles. The number of nitrogens with one attached hydrogen (secondary N) is 1. The van der Waals surface area contributed by atoms with E-state index in [1.54, 1.807) is 0 Å². The Balaban J connectivity index is 2.09. The molecule has 0 aliphatic carbocycles. The van der Waals surface area contributed by atoms with E-state index in [-0.39, 0.29) is 0 Å². The van der Waals surface area contributed by atoms with Gasteiger partial charge in [0.15, 0.2) is 5.82 Å². The van der Waals surface area contributed by atoms with Crippen LogP contribution in [-0.4, -0.2) is 16.5 Å². The summed E-state index contributed by atoms with van der Waals surface area (Å²) < 4.78 is 0. The largest absolute Gasteiger partial charge is 0.370 e. The molecule has 0 saturated carbocycles. The fourth-order valence-corrected chi connectivity index (χ4v) is 3.12. The summed E-state index contributed by atoms with van der Waals surface area (Å²) >= 11 is 1.90. The van der Waals surface area contributed by atoms with Gasteiger partial charge in [-0.15, -0.1) is 0 Å². The summed E-state index contributed by atoms with van der Waals surface area (Å²) in [5, 5.41) is 3.35. The molecule has 0 bridgehead atoms. The Labute approximate surface area is 111 Å². The average Bonchev–Trinajstić information content (AvgIpc) is 2.88. The lowest BCUT2D eigenvalue weighted by atomic mass is 10.2. The summed E-state index contributed by atoms with van der Waals surface area (Å²) in [5.74, 6) is 3.85. The zero-order valence-electron chi connectivity index (χ0n) is 10.3. The molecule has 3 rings (SSSR count). The van der Waals surface area contributed by atoms with Gasteiger partial charge in [-0.3, -0.25) is 0 Å². The van der Waals surface area contributed by atoms with Crippen molar-refractivity contribution in [3.05, 3.63) is 41.6 Å². The van der Waals surface area contributed by atoms with Crippen molar-refractivity contribution in [3.63, 3.8) is 0 Å². The molecule has 0 amide bonds. The Morgan fingerprint density at radius 2 is 2.00 bits per heavy atom. The van der Waals surface area contributed by atoms with Gasteiger partial charge in [0, 0.05) is 29.2 Å². The maximum absolute atomic E-state index is 4.69. The summed E-state index contributed by atoms with van der Waals surface area (Å²) in [7, 11) is 0. The second-order valence-corrected chi connectivity index (χ2v) is 5.20. The second-order valence-electron chi connectivity index (χ2n) is 4.21. The van der Waals surface area contributed by atoms with Gasteiger partial charge in [-0.25, -0.2) is 9.97 Å². The van der Waals surface area contributed by atoms with Crippen molar-refractivity contribution >= 4 is 17.6 Å². The van der Waals surface area contributed by atoms with Gasteiger partial charge in [-0.2, -0.15) is 11.8 Å². The summed E-state index contributed by atoms with van der Waals surface area (Å²) in [6, 6.07) is 10.2. The number of benzene rings is 1. The maximum atomic E-state index is 4.69. The van der Waals surface area contributed by atoms with Crippen molar-refractivity contribution in [1.82, 2.24) is 9.97 Å². The fourth-order valence-electron chi connectivity index (χ4n) is 2.08. The highest BCUT2D eigenvalue weighted by molar-refractivity contribution is 7.98. The second kappa shape index (κ2) is 4.98. The van der Waals surface area contributed by atoms with Gasteiger partial charge < -0.3 is 5.32 Å². The molecule has 0 spiro atoms. The highest BCUT2D eigenvalue weighted by Crippen LogP contribution is 2.34. The predicted molar refractivity (Wildman–Crippen MR) is 76.6 cm³/mol. The molecule has 0 atom stereocenters. The van der Waals surface area contributed by atoms with Crippen LogP contribution in [0.4, 0.5) is 5.82 Å². The van der Waals surface area contributed by atoms with Crippen LogP contribution in [0.2, 0.25) is 0 Å². The summed E-state index contributed by atoms with van der Waals surface area (Å²) in [4.78, 5) is 9.36. The molecule has 4 heteroatoms. The van der Waals surface area contributed by atoms with Gasteiger partial charge in [0.1, 0.15) is 5.82 Å². The molecule has 3 nitrogen and oxygen atoms in total. The zero-order valence-corrected chi connectivity index (χ0v) is 11.1. The number of aromatic nitrogens is 2. The van der Waals surface area contributed by atoms with Crippen LogP contribution in [0.25, 0.3) is 11.4 Å². The Bertz CT molecular complexity index is 554. The van der Waals surface area contributed by atoms with E-state index in [4.69, 9.17) is 4.98 Å². The molecule has 0 radical (unpaired) electrons. The van der Waals surface area contributed by atoms with Gasteiger partial charge in [-0.05, 0) is 6.92 Å². The van der Waals surface area contributed by atoms with E-state index in [0.717, 1.165) is 35.3 Å². The van der Waals surface area contributed by atoms with Crippen LogP contribution in [0.1, 0.15) is 18.2 Å². The molecule has 0 unspecified atom stereocenters. The summed E-state index contributed by atoms with van der Waals surface area (Å²) in [6.45, 7) is 2.99. The van der Waals surface area contributed by atoms with Crippen molar-refractivity contribution in [2.45, 2.75) is 18.4 Å². The Morgan fingerprint density at radius 3 is 2.78 bits per heavy atom. The molecule has 1 aromatic carbocycles. The van der Waals surface area contributed by atoms with Crippen LogP contribution in [0.3, 0.4) is 0 Å². The molecule has 0 fully saturated rings. The molecule has 1 aliphatic heterocycles. The van der Waals surface area contributed by atoms with Crippen LogP contribution in [0.15, 0.2) is 30.3 Å².